The molecule has 17 heavy (non-hydrogen) atoms. The Bertz CT molecular complexity index is 520. The minimum atomic E-state index is -0.289. The van der Waals surface area contributed by atoms with E-state index in [0.29, 0.717) is 10.7 Å². The molecular formula is C9H12N6OS. The molecule has 0 aliphatic heterocycles. The molecule has 0 aliphatic carbocycles. The minimum absolute atomic E-state index is 0.162. The summed E-state index contributed by atoms with van der Waals surface area (Å²) in [5.74, 6) is 0.294. The maximum atomic E-state index is 12.0. The Labute approximate surface area is 102 Å². The quantitative estimate of drug-likeness (QED) is 0.840. The molecule has 0 saturated heterocycles. The molecule has 0 aliphatic rings. The van der Waals surface area contributed by atoms with E-state index in [9.17, 15) is 4.79 Å². The molecule has 2 N–H and O–H groups in total. The second kappa shape index (κ2) is 4.58. The van der Waals surface area contributed by atoms with E-state index in [4.69, 9.17) is 0 Å². The number of aryl methyl sites for hydroxylation is 2. The summed E-state index contributed by atoms with van der Waals surface area (Å²) in [4.78, 5) is 16.8. The van der Waals surface area contributed by atoms with E-state index >= 15 is 0 Å². The molecule has 2 rings (SSSR count). The van der Waals surface area contributed by atoms with E-state index in [0.717, 1.165) is 10.7 Å². The number of hydrogen-bond acceptors (Lipinski definition) is 6. The lowest BCUT2D eigenvalue weighted by Crippen LogP contribution is -2.27. The smallest absolute Gasteiger partial charge is 0.263 e. The number of tetrazole rings is 1. The van der Waals surface area contributed by atoms with E-state index < -0.39 is 0 Å². The molecule has 2 heterocycles. The summed E-state index contributed by atoms with van der Waals surface area (Å²) < 4.78 is 0. The van der Waals surface area contributed by atoms with E-state index in [1.807, 2.05) is 13.8 Å². The van der Waals surface area contributed by atoms with Crippen LogP contribution in [0.15, 0.2) is 0 Å². The summed E-state index contributed by atoms with van der Waals surface area (Å²) in [6.45, 7) is 5.49. The van der Waals surface area contributed by atoms with Crippen molar-refractivity contribution in [2.75, 3.05) is 0 Å². The molecule has 90 valence electrons. The zero-order chi connectivity index (χ0) is 12.4. The van der Waals surface area contributed by atoms with Gasteiger partial charge in [-0.2, -0.15) is 5.21 Å². The molecule has 2 aromatic rings. The molecule has 1 amide bonds. The highest BCUT2D eigenvalue weighted by atomic mass is 32.1. The highest BCUT2D eigenvalue weighted by Gasteiger charge is 2.18. The lowest BCUT2D eigenvalue weighted by molar-refractivity contribution is 0.0941. The van der Waals surface area contributed by atoms with Crippen molar-refractivity contribution in [3.8, 4) is 0 Å². The van der Waals surface area contributed by atoms with Crippen LogP contribution in [-0.4, -0.2) is 31.5 Å². The maximum absolute atomic E-state index is 12.0. The van der Waals surface area contributed by atoms with Gasteiger partial charge in [0, 0.05) is 0 Å². The van der Waals surface area contributed by atoms with Crippen LogP contribution in [0.4, 0.5) is 0 Å². The lowest BCUT2D eigenvalue weighted by Gasteiger charge is -2.08. The SMILES string of the molecule is Cc1nc(C)c(C(=O)NC(C)c2nn[nH]n2)s1. The third-order valence-corrected chi connectivity index (χ3v) is 3.28. The fraction of sp³-hybridized carbons (Fsp3) is 0.444. The largest absolute Gasteiger partial charge is 0.341 e. The molecule has 0 spiro atoms. The number of aromatic amines is 1. The Morgan fingerprint density at radius 1 is 1.47 bits per heavy atom. The van der Waals surface area contributed by atoms with E-state index in [-0.39, 0.29) is 11.9 Å². The van der Waals surface area contributed by atoms with E-state index in [1.54, 1.807) is 6.92 Å². The lowest BCUT2D eigenvalue weighted by atomic mass is 10.3. The number of rotatable bonds is 3. The number of thiazole rings is 1. The van der Waals surface area contributed by atoms with Gasteiger partial charge >= 0.3 is 0 Å². The van der Waals surface area contributed by atoms with Crippen molar-refractivity contribution in [3.05, 3.63) is 21.4 Å². The maximum Gasteiger partial charge on any atom is 0.263 e. The first-order valence-corrected chi connectivity index (χ1v) is 5.88. The molecule has 1 atom stereocenters. The molecular weight excluding hydrogens is 240 g/mol. The van der Waals surface area contributed by atoms with Gasteiger partial charge in [-0.05, 0) is 20.8 Å². The van der Waals surface area contributed by atoms with Crippen molar-refractivity contribution in [2.45, 2.75) is 26.8 Å². The highest BCUT2D eigenvalue weighted by Crippen LogP contribution is 2.18. The van der Waals surface area contributed by atoms with Gasteiger partial charge in [-0.25, -0.2) is 4.98 Å². The van der Waals surface area contributed by atoms with Gasteiger partial charge in [-0.15, -0.1) is 21.5 Å². The van der Waals surface area contributed by atoms with Gasteiger partial charge in [-0.3, -0.25) is 4.79 Å². The summed E-state index contributed by atoms with van der Waals surface area (Å²) in [7, 11) is 0. The number of hydrogen-bond donors (Lipinski definition) is 2. The zero-order valence-corrected chi connectivity index (χ0v) is 10.5. The van der Waals surface area contributed by atoms with Crippen molar-refractivity contribution < 1.29 is 4.79 Å². The summed E-state index contributed by atoms with van der Waals surface area (Å²) >= 11 is 1.37. The van der Waals surface area contributed by atoms with Crippen LogP contribution in [0.5, 0.6) is 0 Å². The standard InChI is InChI=1S/C9H12N6OS/c1-4-7(17-6(3)10-4)9(16)11-5(2)8-12-14-15-13-8/h5H,1-3H3,(H,11,16)(H,12,13,14,15). The minimum Gasteiger partial charge on any atom is -0.341 e. The Morgan fingerprint density at radius 2 is 2.24 bits per heavy atom. The van der Waals surface area contributed by atoms with Crippen LogP contribution in [-0.2, 0) is 0 Å². The molecule has 0 aromatic carbocycles. The van der Waals surface area contributed by atoms with Gasteiger partial charge < -0.3 is 5.32 Å². The third kappa shape index (κ3) is 2.47. The van der Waals surface area contributed by atoms with Crippen molar-refractivity contribution in [1.82, 2.24) is 30.9 Å². The molecule has 0 radical (unpaired) electrons. The summed E-state index contributed by atoms with van der Waals surface area (Å²) in [6.07, 6.45) is 0. The Kier molecular flexibility index (Phi) is 3.14. The first-order chi connectivity index (χ1) is 8.08. The van der Waals surface area contributed by atoms with Crippen molar-refractivity contribution in [2.24, 2.45) is 0 Å². The first kappa shape index (κ1) is 11.6. The van der Waals surface area contributed by atoms with Gasteiger partial charge in [0.1, 0.15) is 4.88 Å². The van der Waals surface area contributed by atoms with Gasteiger partial charge in [0.05, 0.1) is 16.7 Å². The summed E-state index contributed by atoms with van der Waals surface area (Å²) in [5, 5.41) is 17.1. The second-order valence-electron chi connectivity index (χ2n) is 3.61. The monoisotopic (exact) mass is 252 g/mol. The van der Waals surface area contributed by atoms with Crippen LogP contribution in [0.1, 0.15) is 39.2 Å². The molecule has 0 bridgehead atoms. The number of amides is 1. The molecule has 0 saturated carbocycles. The number of H-pyrrole nitrogens is 1. The number of carbonyl (C=O) groups excluding carboxylic acids is 1. The van der Waals surface area contributed by atoms with Gasteiger partial charge in [0.25, 0.3) is 5.91 Å². The average molecular weight is 252 g/mol. The number of nitrogens with one attached hydrogen (secondary N) is 2. The van der Waals surface area contributed by atoms with Crippen molar-refractivity contribution >= 4 is 17.2 Å². The number of carbonyl (C=O) groups is 1. The van der Waals surface area contributed by atoms with Crippen LogP contribution in [0.25, 0.3) is 0 Å². The third-order valence-electron chi connectivity index (χ3n) is 2.21. The summed E-state index contributed by atoms with van der Waals surface area (Å²) in [6, 6.07) is -0.289. The van der Waals surface area contributed by atoms with Crippen molar-refractivity contribution in [1.29, 1.82) is 0 Å². The molecule has 0 fully saturated rings. The second-order valence-corrected chi connectivity index (χ2v) is 4.82. The van der Waals surface area contributed by atoms with Crippen LogP contribution in [0, 0.1) is 13.8 Å². The Balaban J connectivity index is 2.09. The predicted octanol–water partition coefficient (Wildman–Crippen LogP) is 0.764. The predicted molar refractivity (Wildman–Crippen MR) is 61.6 cm³/mol. The van der Waals surface area contributed by atoms with E-state index in [2.05, 4.69) is 30.9 Å². The van der Waals surface area contributed by atoms with Gasteiger partial charge in [0.2, 0.25) is 0 Å². The number of aromatic nitrogens is 5. The number of nitrogens with zero attached hydrogens (tertiary/aromatic N) is 4. The van der Waals surface area contributed by atoms with E-state index in [1.165, 1.54) is 11.3 Å². The molecule has 7 nitrogen and oxygen atoms in total. The topological polar surface area (TPSA) is 96.5 Å². The highest BCUT2D eigenvalue weighted by molar-refractivity contribution is 7.13. The normalized spacial score (nSPS) is 12.4. The van der Waals surface area contributed by atoms with Crippen LogP contribution in [0.3, 0.4) is 0 Å². The molecule has 2 aromatic heterocycles. The zero-order valence-electron chi connectivity index (χ0n) is 9.68. The van der Waals surface area contributed by atoms with Gasteiger partial charge in [0.15, 0.2) is 5.82 Å². The Hall–Kier alpha value is -1.83. The fourth-order valence-electron chi connectivity index (χ4n) is 1.42. The summed E-state index contributed by atoms with van der Waals surface area (Å²) in [5.41, 5.74) is 0.741. The van der Waals surface area contributed by atoms with Crippen LogP contribution >= 0.6 is 11.3 Å². The van der Waals surface area contributed by atoms with Gasteiger partial charge in [-0.1, -0.05) is 5.21 Å². The average Bonchev–Trinajstić information content (AvgIpc) is 2.87. The van der Waals surface area contributed by atoms with Crippen LogP contribution in [0.2, 0.25) is 0 Å². The molecule has 1 unspecified atom stereocenters. The fourth-order valence-corrected chi connectivity index (χ4v) is 2.24. The van der Waals surface area contributed by atoms with Crippen molar-refractivity contribution in [3.63, 3.8) is 0 Å². The molecule has 8 heteroatoms. The Morgan fingerprint density at radius 3 is 2.76 bits per heavy atom. The first-order valence-electron chi connectivity index (χ1n) is 5.06. The van der Waals surface area contributed by atoms with Crippen LogP contribution < -0.4 is 5.32 Å².